The van der Waals surface area contributed by atoms with Gasteiger partial charge in [-0.15, -0.1) is 0 Å². The van der Waals surface area contributed by atoms with Gasteiger partial charge in [-0.2, -0.15) is 0 Å². The van der Waals surface area contributed by atoms with Crippen molar-refractivity contribution in [1.82, 2.24) is 0 Å². The highest BCUT2D eigenvalue weighted by Gasteiger charge is 1.80. The van der Waals surface area contributed by atoms with Gasteiger partial charge in [-0.3, -0.25) is 0 Å². The first-order valence-electron chi connectivity index (χ1n) is 4.56. The SMILES string of the molecule is [2H]C([2H])([2H])CCCCCC. The van der Waals surface area contributed by atoms with Crippen LogP contribution in [-0.2, 0) is 0 Å². The van der Waals surface area contributed by atoms with E-state index < -0.39 is 6.85 Å². The summed E-state index contributed by atoms with van der Waals surface area (Å²) in [6.45, 7) is 0.420. The van der Waals surface area contributed by atoms with Gasteiger partial charge in [0.25, 0.3) is 0 Å². The predicted molar refractivity (Wildman–Crippen MR) is 34.4 cm³/mol. The van der Waals surface area contributed by atoms with Crippen molar-refractivity contribution in [2.24, 2.45) is 0 Å². The minimum absolute atomic E-state index is 0.382. The lowest BCUT2D eigenvalue weighted by atomic mass is 10.2. The molecule has 0 amide bonds. The van der Waals surface area contributed by atoms with Crippen molar-refractivity contribution >= 4 is 0 Å². The molecule has 0 N–H and O–H groups in total. The van der Waals surface area contributed by atoms with Crippen molar-refractivity contribution < 1.29 is 4.11 Å². The monoisotopic (exact) mass is 103 g/mol. The van der Waals surface area contributed by atoms with Gasteiger partial charge in [0, 0.05) is 4.11 Å². The summed E-state index contributed by atoms with van der Waals surface area (Å²) in [4.78, 5) is 0. The van der Waals surface area contributed by atoms with E-state index in [2.05, 4.69) is 6.92 Å². The summed E-state index contributed by atoms with van der Waals surface area (Å²) in [6, 6.07) is 0. The average Bonchev–Trinajstić information content (AvgIpc) is 1.78. The standard InChI is InChI=1S/C7H16/c1-3-5-7-6-4-2/h3-7H2,1-2H3/i1D3. The minimum atomic E-state index is -1.70. The van der Waals surface area contributed by atoms with E-state index in [1.54, 1.807) is 0 Å². The summed E-state index contributed by atoms with van der Waals surface area (Å²) in [5, 5.41) is 0. The molecule has 7 heavy (non-hydrogen) atoms. The van der Waals surface area contributed by atoms with Gasteiger partial charge in [0.15, 0.2) is 0 Å². The summed E-state index contributed by atoms with van der Waals surface area (Å²) in [5.74, 6) is 0. The summed E-state index contributed by atoms with van der Waals surface area (Å²) >= 11 is 0. The molecular weight excluding hydrogens is 84.1 g/mol. The normalized spacial score (nSPS) is 17.6. The fourth-order valence-electron chi connectivity index (χ4n) is 0.552. The van der Waals surface area contributed by atoms with Crippen molar-refractivity contribution in [3.63, 3.8) is 0 Å². The molecule has 0 aromatic rings. The molecule has 0 nitrogen and oxygen atoms in total. The molecule has 0 fully saturated rings. The molecule has 0 radical (unpaired) electrons. The van der Waals surface area contributed by atoms with Gasteiger partial charge in [0.1, 0.15) is 0 Å². The molecule has 44 valence electrons. The van der Waals surface area contributed by atoms with Gasteiger partial charge in [-0.25, -0.2) is 0 Å². The van der Waals surface area contributed by atoms with Crippen LogP contribution in [-0.4, -0.2) is 0 Å². The second-order valence-corrected chi connectivity index (χ2v) is 1.81. The highest BCUT2D eigenvalue weighted by molar-refractivity contribution is 4.35. The van der Waals surface area contributed by atoms with Crippen molar-refractivity contribution in [1.29, 1.82) is 0 Å². The molecule has 0 atom stereocenters. The Morgan fingerprint density at radius 2 is 1.86 bits per heavy atom. The molecule has 0 heterocycles. The van der Waals surface area contributed by atoms with Gasteiger partial charge in [-0.1, -0.05) is 45.9 Å². The van der Waals surface area contributed by atoms with Crippen molar-refractivity contribution in [2.75, 3.05) is 0 Å². The van der Waals surface area contributed by atoms with Crippen LogP contribution < -0.4 is 0 Å². The number of rotatable bonds is 4. The Morgan fingerprint density at radius 3 is 2.43 bits per heavy atom. The predicted octanol–water partition coefficient (Wildman–Crippen LogP) is 2.98. The largest absolute Gasteiger partial charge is 0.0654 e. The lowest BCUT2D eigenvalue weighted by Gasteiger charge is -1.90. The maximum Gasteiger partial charge on any atom is 0.0230 e. The van der Waals surface area contributed by atoms with Crippen LogP contribution in [0.1, 0.15) is 50.0 Å². The minimum Gasteiger partial charge on any atom is -0.0654 e. The zero-order chi connectivity index (χ0) is 8.04. The van der Waals surface area contributed by atoms with E-state index in [-0.39, 0.29) is 0 Å². The van der Waals surface area contributed by atoms with E-state index in [1.165, 1.54) is 6.42 Å². The Labute approximate surface area is 51.1 Å². The maximum absolute atomic E-state index is 6.90. The second-order valence-electron chi connectivity index (χ2n) is 1.81. The quantitative estimate of drug-likeness (QED) is 0.480. The molecule has 0 aromatic heterocycles. The van der Waals surface area contributed by atoms with E-state index in [0.717, 1.165) is 19.3 Å². The van der Waals surface area contributed by atoms with Crippen LogP contribution >= 0.6 is 0 Å². The Hall–Kier alpha value is 0. The molecule has 0 rings (SSSR count). The van der Waals surface area contributed by atoms with Crippen LogP contribution in [0.4, 0.5) is 0 Å². The van der Waals surface area contributed by atoms with Crippen molar-refractivity contribution in [3.05, 3.63) is 0 Å². The smallest absolute Gasteiger partial charge is 0.0230 e. The zero-order valence-electron chi connectivity index (χ0n) is 8.04. The summed E-state index contributed by atoms with van der Waals surface area (Å²) in [7, 11) is 0. The molecule has 0 aliphatic rings. The van der Waals surface area contributed by atoms with Gasteiger partial charge in [-0.05, 0) is 0 Å². The van der Waals surface area contributed by atoms with Crippen LogP contribution in [0.2, 0.25) is 0 Å². The number of hydrogen-bond donors (Lipinski definition) is 0. The Bertz CT molecular complexity index is 75.4. The molecule has 0 saturated heterocycles. The van der Waals surface area contributed by atoms with Gasteiger partial charge < -0.3 is 0 Å². The third kappa shape index (κ3) is 6.00. The van der Waals surface area contributed by atoms with E-state index in [4.69, 9.17) is 4.11 Å². The lowest BCUT2D eigenvalue weighted by molar-refractivity contribution is 0.656. The Morgan fingerprint density at radius 1 is 1.14 bits per heavy atom. The lowest BCUT2D eigenvalue weighted by Crippen LogP contribution is -1.70. The molecule has 0 saturated carbocycles. The van der Waals surface area contributed by atoms with Gasteiger partial charge >= 0.3 is 0 Å². The zero-order valence-corrected chi connectivity index (χ0v) is 5.04. The first-order valence-corrected chi connectivity index (χ1v) is 3.06. The van der Waals surface area contributed by atoms with Gasteiger partial charge in [0.2, 0.25) is 0 Å². The molecule has 0 unspecified atom stereocenters. The van der Waals surface area contributed by atoms with Crippen molar-refractivity contribution in [2.45, 2.75) is 45.9 Å². The fraction of sp³-hybridized carbons (Fsp3) is 1.00. The summed E-state index contributed by atoms with van der Waals surface area (Å²) < 4.78 is 20.7. The highest BCUT2D eigenvalue weighted by Crippen LogP contribution is 2.00. The van der Waals surface area contributed by atoms with Crippen LogP contribution in [0.3, 0.4) is 0 Å². The summed E-state index contributed by atoms with van der Waals surface area (Å²) in [6.07, 6.45) is 4.63. The molecular formula is C7H16. The van der Waals surface area contributed by atoms with Gasteiger partial charge in [0.05, 0.1) is 0 Å². The number of hydrogen-bond acceptors (Lipinski definition) is 0. The molecule has 0 aliphatic carbocycles. The average molecular weight is 103 g/mol. The van der Waals surface area contributed by atoms with Crippen LogP contribution in [0, 0.1) is 0 Å². The number of unbranched alkanes of at least 4 members (excludes halogenated alkanes) is 3. The molecule has 0 heteroatoms. The second kappa shape index (κ2) is 6.00. The maximum atomic E-state index is 6.90. The fourth-order valence-corrected chi connectivity index (χ4v) is 0.552. The molecule has 0 bridgehead atoms. The third-order valence-corrected chi connectivity index (χ3v) is 1.03. The van der Waals surface area contributed by atoms with Crippen LogP contribution in [0.15, 0.2) is 0 Å². The van der Waals surface area contributed by atoms with E-state index in [0.29, 0.717) is 6.42 Å². The Balaban J connectivity index is 3.04. The molecule has 0 aromatic carbocycles. The van der Waals surface area contributed by atoms with Crippen molar-refractivity contribution in [3.8, 4) is 0 Å². The first kappa shape index (κ1) is 3.11. The first-order chi connectivity index (χ1) is 4.56. The van der Waals surface area contributed by atoms with E-state index in [9.17, 15) is 0 Å². The molecule has 0 spiro atoms. The van der Waals surface area contributed by atoms with E-state index in [1.807, 2.05) is 0 Å². The topological polar surface area (TPSA) is 0 Å². The molecule has 0 aliphatic heterocycles. The Kier molecular flexibility index (Phi) is 2.67. The van der Waals surface area contributed by atoms with Crippen LogP contribution in [0.25, 0.3) is 0 Å². The van der Waals surface area contributed by atoms with E-state index >= 15 is 0 Å². The highest BCUT2D eigenvalue weighted by atomic mass is 13.9. The third-order valence-electron chi connectivity index (χ3n) is 1.03. The van der Waals surface area contributed by atoms with Crippen LogP contribution in [0.5, 0.6) is 0 Å². The summed E-state index contributed by atoms with van der Waals surface area (Å²) in [5.41, 5.74) is 0.